The minimum atomic E-state index is -3.74. The minimum absolute atomic E-state index is 0.00386. The van der Waals surface area contributed by atoms with Crippen molar-refractivity contribution in [2.75, 3.05) is 6.54 Å². The van der Waals surface area contributed by atoms with E-state index < -0.39 is 9.05 Å². The Bertz CT molecular complexity index is 561. The summed E-state index contributed by atoms with van der Waals surface area (Å²) >= 11 is 0.957. The number of amides is 1. The van der Waals surface area contributed by atoms with Crippen LogP contribution >= 0.6 is 22.0 Å². The number of rotatable bonds is 4. The standard InChI is InChI=1S/C11H14ClNO3S2/c1-11(3-2-4-11)7-13-10(14)8-5-9(17-6-8)18(12,15)16/h5-6H,2-4,7H2,1H3,(H,13,14). The molecule has 0 unspecified atom stereocenters. The number of halogens is 1. The van der Waals surface area contributed by atoms with Crippen molar-refractivity contribution in [1.29, 1.82) is 0 Å². The Labute approximate surface area is 115 Å². The van der Waals surface area contributed by atoms with Crippen molar-refractivity contribution < 1.29 is 13.2 Å². The third-order valence-corrected chi connectivity index (χ3v) is 6.35. The first-order valence-electron chi connectivity index (χ1n) is 5.62. The van der Waals surface area contributed by atoms with Crippen molar-refractivity contribution in [1.82, 2.24) is 5.32 Å². The molecule has 4 nitrogen and oxygen atoms in total. The minimum Gasteiger partial charge on any atom is -0.351 e. The summed E-state index contributed by atoms with van der Waals surface area (Å²) in [4.78, 5) is 11.8. The lowest BCUT2D eigenvalue weighted by Gasteiger charge is -2.38. The van der Waals surface area contributed by atoms with Gasteiger partial charge in [0.2, 0.25) is 0 Å². The van der Waals surface area contributed by atoms with E-state index in [1.807, 2.05) is 0 Å². The maximum atomic E-state index is 11.8. The molecule has 0 aliphatic heterocycles. The maximum Gasteiger partial charge on any atom is 0.270 e. The van der Waals surface area contributed by atoms with Gasteiger partial charge >= 0.3 is 0 Å². The van der Waals surface area contributed by atoms with Crippen LogP contribution in [0.25, 0.3) is 0 Å². The van der Waals surface area contributed by atoms with Gasteiger partial charge in [-0.3, -0.25) is 4.79 Å². The van der Waals surface area contributed by atoms with E-state index in [-0.39, 0.29) is 15.5 Å². The second-order valence-corrected chi connectivity index (χ2v) is 8.64. The Kier molecular flexibility index (Phi) is 3.71. The monoisotopic (exact) mass is 307 g/mol. The lowest BCUT2D eigenvalue weighted by molar-refractivity contribution is 0.0891. The molecule has 7 heteroatoms. The fourth-order valence-electron chi connectivity index (χ4n) is 1.92. The van der Waals surface area contributed by atoms with Gasteiger partial charge in [0.05, 0.1) is 5.56 Å². The van der Waals surface area contributed by atoms with Crippen molar-refractivity contribution in [3.8, 4) is 0 Å². The highest BCUT2D eigenvalue weighted by Crippen LogP contribution is 2.39. The molecule has 1 fully saturated rings. The fourth-order valence-corrected chi connectivity index (χ4v) is 3.86. The van der Waals surface area contributed by atoms with Crippen LogP contribution in [0.5, 0.6) is 0 Å². The highest BCUT2D eigenvalue weighted by molar-refractivity contribution is 8.15. The summed E-state index contributed by atoms with van der Waals surface area (Å²) in [6.07, 6.45) is 3.45. The van der Waals surface area contributed by atoms with E-state index >= 15 is 0 Å². The number of carbonyl (C=O) groups is 1. The first kappa shape index (κ1) is 13.8. The van der Waals surface area contributed by atoms with Gasteiger partial charge in [-0.2, -0.15) is 0 Å². The molecule has 18 heavy (non-hydrogen) atoms. The zero-order valence-electron chi connectivity index (χ0n) is 9.90. The summed E-state index contributed by atoms with van der Waals surface area (Å²) < 4.78 is 22.2. The highest BCUT2D eigenvalue weighted by Gasteiger charge is 2.32. The molecule has 0 radical (unpaired) electrons. The number of carbonyl (C=O) groups excluding carboxylic acids is 1. The van der Waals surface area contributed by atoms with Gasteiger partial charge in [-0.25, -0.2) is 8.42 Å². The van der Waals surface area contributed by atoms with Crippen LogP contribution in [-0.4, -0.2) is 20.9 Å². The zero-order chi connectivity index (χ0) is 13.4. The maximum absolute atomic E-state index is 11.8. The zero-order valence-corrected chi connectivity index (χ0v) is 12.3. The summed E-state index contributed by atoms with van der Waals surface area (Å²) in [5, 5.41) is 4.34. The molecule has 1 aliphatic rings. The number of hydrogen-bond acceptors (Lipinski definition) is 4. The van der Waals surface area contributed by atoms with E-state index in [1.165, 1.54) is 17.9 Å². The van der Waals surface area contributed by atoms with Gasteiger partial charge in [0.1, 0.15) is 4.21 Å². The molecule has 1 amide bonds. The van der Waals surface area contributed by atoms with Crippen LogP contribution in [-0.2, 0) is 9.05 Å². The smallest absolute Gasteiger partial charge is 0.270 e. The lowest BCUT2D eigenvalue weighted by Crippen LogP contribution is -2.39. The molecular weight excluding hydrogens is 294 g/mol. The van der Waals surface area contributed by atoms with Crippen molar-refractivity contribution in [3.63, 3.8) is 0 Å². The molecule has 1 aromatic heterocycles. The average Bonchev–Trinajstić information content (AvgIpc) is 2.72. The van der Waals surface area contributed by atoms with Crippen LogP contribution in [0.15, 0.2) is 15.7 Å². The van der Waals surface area contributed by atoms with Gasteiger partial charge in [0.25, 0.3) is 15.0 Å². The largest absolute Gasteiger partial charge is 0.351 e. The predicted molar refractivity (Wildman–Crippen MR) is 71.6 cm³/mol. The molecule has 1 N–H and O–H groups in total. The molecular formula is C11H14ClNO3S2. The van der Waals surface area contributed by atoms with Gasteiger partial charge < -0.3 is 5.32 Å². The van der Waals surface area contributed by atoms with Gasteiger partial charge in [-0.05, 0) is 24.3 Å². The Morgan fingerprint density at radius 3 is 2.67 bits per heavy atom. The first-order chi connectivity index (χ1) is 8.30. The van der Waals surface area contributed by atoms with E-state index in [4.69, 9.17) is 10.7 Å². The summed E-state index contributed by atoms with van der Waals surface area (Å²) in [5.74, 6) is -0.244. The van der Waals surface area contributed by atoms with Gasteiger partial charge in [-0.1, -0.05) is 13.3 Å². The molecule has 0 saturated heterocycles. The molecule has 0 atom stereocenters. The Balaban J connectivity index is 1.99. The van der Waals surface area contributed by atoms with Crippen molar-refractivity contribution in [3.05, 3.63) is 17.0 Å². The molecule has 0 spiro atoms. The van der Waals surface area contributed by atoms with E-state index in [9.17, 15) is 13.2 Å². The van der Waals surface area contributed by atoms with Crippen molar-refractivity contribution >= 4 is 37.0 Å². The number of thiophene rings is 1. The first-order valence-corrected chi connectivity index (χ1v) is 8.80. The predicted octanol–water partition coefficient (Wildman–Crippen LogP) is 2.60. The molecule has 1 heterocycles. The molecule has 1 saturated carbocycles. The second kappa shape index (κ2) is 4.83. The summed E-state index contributed by atoms with van der Waals surface area (Å²) in [5.41, 5.74) is 0.551. The topological polar surface area (TPSA) is 63.2 Å². The molecule has 2 rings (SSSR count). The van der Waals surface area contributed by atoms with E-state index in [1.54, 1.807) is 0 Å². The van der Waals surface area contributed by atoms with Crippen LogP contribution in [0.3, 0.4) is 0 Å². The Morgan fingerprint density at radius 1 is 1.56 bits per heavy atom. The highest BCUT2D eigenvalue weighted by atomic mass is 35.7. The van der Waals surface area contributed by atoms with Gasteiger partial charge in [0.15, 0.2) is 0 Å². The Hall–Kier alpha value is -0.590. The van der Waals surface area contributed by atoms with Crippen LogP contribution in [0.1, 0.15) is 36.5 Å². The fraction of sp³-hybridized carbons (Fsp3) is 0.545. The van der Waals surface area contributed by atoms with Crippen molar-refractivity contribution in [2.45, 2.75) is 30.4 Å². The number of hydrogen-bond donors (Lipinski definition) is 1. The third kappa shape index (κ3) is 3.05. The quantitative estimate of drug-likeness (QED) is 0.870. The molecule has 0 bridgehead atoms. The average molecular weight is 308 g/mol. The van der Waals surface area contributed by atoms with E-state index in [0.717, 1.165) is 24.2 Å². The van der Waals surface area contributed by atoms with Crippen LogP contribution in [0.2, 0.25) is 0 Å². The molecule has 1 aliphatic carbocycles. The van der Waals surface area contributed by atoms with E-state index in [0.29, 0.717) is 12.1 Å². The lowest BCUT2D eigenvalue weighted by atomic mass is 9.70. The summed E-state index contributed by atoms with van der Waals surface area (Å²) in [6.45, 7) is 2.77. The van der Waals surface area contributed by atoms with Crippen molar-refractivity contribution in [2.24, 2.45) is 5.41 Å². The SMILES string of the molecule is CC1(CNC(=O)c2csc(S(=O)(=O)Cl)c2)CCC1. The van der Waals surface area contributed by atoms with Crippen LogP contribution in [0.4, 0.5) is 0 Å². The van der Waals surface area contributed by atoms with Crippen LogP contribution in [0, 0.1) is 5.41 Å². The molecule has 1 aromatic rings. The second-order valence-electron chi connectivity index (χ2n) is 4.94. The van der Waals surface area contributed by atoms with Gasteiger partial charge in [-0.15, -0.1) is 11.3 Å². The summed E-state index contributed by atoms with van der Waals surface area (Å²) in [6, 6.07) is 1.31. The van der Waals surface area contributed by atoms with E-state index in [2.05, 4.69) is 12.2 Å². The van der Waals surface area contributed by atoms with Gasteiger partial charge in [0, 0.05) is 22.6 Å². The van der Waals surface area contributed by atoms with Crippen LogP contribution < -0.4 is 5.32 Å². The molecule has 100 valence electrons. The third-order valence-electron chi connectivity index (χ3n) is 3.31. The Morgan fingerprint density at radius 2 is 2.22 bits per heavy atom. The summed E-state index contributed by atoms with van der Waals surface area (Å²) in [7, 11) is 1.47. The molecule has 0 aromatic carbocycles. The number of nitrogens with one attached hydrogen (secondary N) is 1. The normalized spacial score (nSPS) is 18.1.